The first-order valence-corrected chi connectivity index (χ1v) is 5.17. The van der Waals surface area contributed by atoms with Crippen LogP contribution in [-0.2, 0) is 12.0 Å². The molecule has 1 aromatic rings. The van der Waals surface area contributed by atoms with E-state index in [1.807, 2.05) is 26.0 Å². The highest BCUT2D eigenvalue weighted by Gasteiger charge is 2.22. The fraction of sp³-hybridized carbons (Fsp3) is 0.500. The average molecular weight is 191 g/mol. The first-order valence-electron chi connectivity index (χ1n) is 5.17. The normalized spacial score (nSPS) is 15.9. The maximum atomic E-state index is 10.0. The van der Waals surface area contributed by atoms with Crippen molar-refractivity contribution in [3.8, 4) is 0 Å². The summed E-state index contributed by atoms with van der Waals surface area (Å²) >= 11 is 0. The minimum absolute atomic E-state index is 0.732. The van der Waals surface area contributed by atoms with Crippen molar-refractivity contribution in [3.05, 3.63) is 29.3 Å². The lowest BCUT2D eigenvalue weighted by atomic mass is 9.88. The van der Waals surface area contributed by atoms with E-state index >= 15 is 0 Å². The van der Waals surface area contributed by atoms with Crippen molar-refractivity contribution in [2.45, 2.75) is 32.3 Å². The van der Waals surface area contributed by atoms with E-state index in [1.54, 1.807) is 0 Å². The number of nitrogens with one attached hydrogen (secondary N) is 1. The quantitative estimate of drug-likeness (QED) is 0.713. The van der Waals surface area contributed by atoms with Crippen molar-refractivity contribution in [1.82, 2.24) is 0 Å². The summed E-state index contributed by atoms with van der Waals surface area (Å²) in [4.78, 5) is 0. The predicted octanol–water partition coefficient (Wildman–Crippen LogP) is 2.27. The molecule has 1 heterocycles. The molecule has 0 aliphatic carbocycles. The second-order valence-electron chi connectivity index (χ2n) is 4.42. The van der Waals surface area contributed by atoms with Crippen LogP contribution < -0.4 is 5.32 Å². The molecule has 0 radical (unpaired) electrons. The van der Waals surface area contributed by atoms with E-state index < -0.39 is 5.60 Å². The molecule has 0 fully saturated rings. The topological polar surface area (TPSA) is 32.3 Å². The Morgan fingerprint density at radius 2 is 2.14 bits per heavy atom. The van der Waals surface area contributed by atoms with E-state index in [-0.39, 0.29) is 0 Å². The molecule has 0 atom stereocenters. The van der Waals surface area contributed by atoms with E-state index in [4.69, 9.17) is 0 Å². The van der Waals surface area contributed by atoms with E-state index in [0.29, 0.717) is 0 Å². The SMILES string of the molecule is CC(C)(O)c1cccc2c1CCCN2. The van der Waals surface area contributed by atoms with E-state index in [9.17, 15) is 5.11 Å². The van der Waals surface area contributed by atoms with Gasteiger partial charge in [0.2, 0.25) is 0 Å². The number of anilines is 1. The van der Waals surface area contributed by atoms with Crippen LogP contribution in [0.25, 0.3) is 0 Å². The van der Waals surface area contributed by atoms with Crippen molar-refractivity contribution in [1.29, 1.82) is 0 Å². The number of rotatable bonds is 1. The second kappa shape index (κ2) is 3.28. The maximum absolute atomic E-state index is 10.0. The third kappa shape index (κ3) is 1.62. The van der Waals surface area contributed by atoms with Gasteiger partial charge in [-0.25, -0.2) is 0 Å². The van der Waals surface area contributed by atoms with Crippen molar-refractivity contribution in [2.24, 2.45) is 0 Å². The summed E-state index contributed by atoms with van der Waals surface area (Å²) in [6.07, 6.45) is 2.22. The Hall–Kier alpha value is -1.02. The predicted molar refractivity (Wildman–Crippen MR) is 58.5 cm³/mol. The molecule has 0 aromatic heterocycles. The van der Waals surface area contributed by atoms with Crippen LogP contribution in [0.1, 0.15) is 31.4 Å². The highest BCUT2D eigenvalue weighted by Crippen LogP contribution is 2.31. The van der Waals surface area contributed by atoms with Crippen LogP contribution in [0.3, 0.4) is 0 Å². The smallest absolute Gasteiger partial charge is 0.0843 e. The van der Waals surface area contributed by atoms with Crippen molar-refractivity contribution < 1.29 is 5.11 Å². The molecule has 0 amide bonds. The Labute approximate surface area is 85.0 Å². The summed E-state index contributed by atoms with van der Waals surface area (Å²) in [6.45, 7) is 4.73. The van der Waals surface area contributed by atoms with Gasteiger partial charge in [0, 0.05) is 12.2 Å². The van der Waals surface area contributed by atoms with Crippen LogP contribution in [0, 0.1) is 0 Å². The Morgan fingerprint density at radius 3 is 2.86 bits per heavy atom. The Bertz CT molecular complexity index is 339. The molecular formula is C12H17NO. The number of hydrogen-bond donors (Lipinski definition) is 2. The first kappa shape index (κ1) is 9.53. The fourth-order valence-corrected chi connectivity index (χ4v) is 2.08. The zero-order valence-electron chi connectivity index (χ0n) is 8.80. The lowest BCUT2D eigenvalue weighted by Gasteiger charge is -2.27. The van der Waals surface area contributed by atoms with Gasteiger partial charge in [0.05, 0.1) is 5.60 Å². The van der Waals surface area contributed by atoms with Gasteiger partial charge >= 0.3 is 0 Å². The van der Waals surface area contributed by atoms with E-state index in [1.165, 1.54) is 11.3 Å². The second-order valence-corrected chi connectivity index (χ2v) is 4.42. The minimum atomic E-state index is -0.732. The zero-order chi connectivity index (χ0) is 10.2. The number of benzene rings is 1. The molecule has 0 spiro atoms. The molecule has 0 bridgehead atoms. The van der Waals surface area contributed by atoms with Crippen LogP contribution in [0.4, 0.5) is 5.69 Å². The third-order valence-electron chi connectivity index (χ3n) is 2.75. The van der Waals surface area contributed by atoms with Gasteiger partial charge < -0.3 is 10.4 Å². The Kier molecular flexibility index (Phi) is 2.23. The van der Waals surface area contributed by atoms with Gasteiger partial charge in [-0.15, -0.1) is 0 Å². The van der Waals surface area contributed by atoms with Crippen LogP contribution >= 0.6 is 0 Å². The molecule has 14 heavy (non-hydrogen) atoms. The molecule has 1 aromatic carbocycles. The Morgan fingerprint density at radius 1 is 1.36 bits per heavy atom. The standard InChI is InChI=1S/C12H17NO/c1-12(2,14)10-6-3-7-11-9(10)5-4-8-13-11/h3,6-7,13-14H,4-5,8H2,1-2H3. The third-order valence-corrected chi connectivity index (χ3v) is 2.75. The summed E-state index contributed by atoms with van der Waals surface area (Å²) in [6, 6.07) is 6.11. The van der Waals surface area contributed by atoms with Gasteiger partial charge in [0.1, 0.15) is 0 Å². The zero-order valence-corrected chi connectivity index (χ0v) is 8.80. The van der Waals surface area contributed by atoms with E-state index in [0.717, 1.165) is 24.9 Å². The summed E-state index contributed by atoms with van der Waals surface area (Å²) in [5.41, 5.74) is 2.80. The van der Waals surface area contributed by atoms with Gasteiger partial charge in [0.25, 0.3) is 0 Å². The molecule has 76 valence electrons. The number of fused-ring (bicyclic) bond motifs is 1. The molecule has 2 heteroatoms. The first-order chi connectivity index (χ1) is 6.59. The highest BCUT2D eigenvalue weighted by molar-refractivity contribution is 5.57. The van der Waals surface area contributed by atoms with Gasteiger partial charge in [-0.1, -0.05) is 12.1 Å². The monoisotopic (exact) mass is 191 g/mol. The van der Waals surface area contributed by atoms with Gasteiger partial charge in [0.15, 0.2) is 0 Å². The minimum Gasteiger partial charge on any atom is -0.386 e. The van der Waals surface area contributed by atoms with Crippen LogP contribution in [-0.4, -0.2) is 11.7 Å². The number of aliphatic hydroxyl groups is 1. The molecule has 1 aliphatic rings. The fourth-order valence-electron chi connectivity index (χ4n) is 2.08. The number of hydrogen-bond acceptors (Lipinski definition) is 2. The van der Waals surface area contributed by atoms with Crippen LogP contribution in [0.5, 0.6) is 0 Å². The van der Waals surface area contributed by atoms with Gasteiger partial charge in [-0.05, 0) is 43.9 Å². The maximum Gasteiger partial charge on any atom is 0.0843 e. The molecule has 0 unspecified atom stereocenters. The molecule has 2 nitrogen and oxygen atoms in total. The summed E-state index contributed by atoms with van der Waals surface area (Å²) < 4.78 is 0. The largest absolute Gasteiger partial charge is 0.386 e. The van der Waals surface area contributed by atoms with Gasteiger partial charge in [-0.3, -0.25) is 0 Å². The summed E-state index contributed by atoms with van der Waals surface area (Å²) in [5.74, 6) is 0. The molecule has 0 saturated heterocycles. The van der Waals surface area contributed by atoms with Crippen molar-refractivity contribution in [3.63, 3.8) is 0 Å². The van der Waals surface area contributed by atoms with Crippen molar-refractivity contribution in [2.75, 3.05) is 11.9 Å². The van der Waals surface area contributed by atoms with E-state index in [2.05, 4.69) is 11.4 Å². The lowest BCUT2D eigenvalue weighted by molar-refractivity contribution is 0.0776. The Balaban J connectivity index is 2.51. The molecular weight excluding hydrogens is 174 g/mol. The van der Waals surface area contributed by atoms with Crippen LogP contribution in [0.2, 0.25) is 0 Å². The summed E-state index contributed by atoms with van der Waals surface area (Å²) in [7, 11) is 0. The average Bonchev–Trinajstić information content (AvgIpc) is 2.15. The highest BCUT2D eigenvalue weighted by atomic mass is 16.3. The lowest BCUT2D eigenvalue weighted by Crippen LogP contribution is -2.22. The van der Waals surface area contributed by atoms with Crippen LogP contribution in [0.15, 0.2) is 18.2 Å². The molecule has 2 rings (SSSR count). The molecule has 1 aliphatic heterocycles. The van der Waals surface area contributed by atoms with Gasteiger partial charge in [-0.2, -0.15) is 0 Å². The molecule has 0 saturated carbocycles. The van der Waals surface area contributed by atoms with Crippen molar-refractivity contribution >= 4 is 5.69 Å². The molecule has 2 N–H and O–H groups in total. The summed E-state index contributed by atoms with van der Waals surface area (Å²) in [5, 5.41) is 13.4.